The lowest BCUT2D eigenvalue weighted by molar-refractivity contribution is 0.0999. The van der Waals surface area contributed by atoms with Gasteiger partial charge < -0.3 is 5.73 Å². The molecule has 0 bridgehead atoms. The minimum atomic E-state index is -0.488. The standard InChI is InChI=1S/C30H27N7O2/c1-17(2)23-12-21(7-8-22(23)29(31)38)37-28-24-11-18(5-10-26(24)33-15-27(28)36(4)30(37)39)19-6-9-25(32-13-19)20-14-34-35(3)16-20/h5-17H,1-4H3,(H2,31,38). The van der Waals surface area contributed by atoms with Crippen molar-refractivity contribution in [3.05, 3.63) is 94.9 Å². The number of carbonyl (C=O) groups excluding carboxylic acids is 1. The topological polar surface area (TPSA) is 114 Å². The summed E-state index contributed by atoms with van der Waals surface area (Å²) in [6.07, 6.45) is 7.28. The van der Waals surface area contributed by atoms with E-state index in [1.165, 1.54) is 0 Å². The molecule has 0 unspecified atom stereocenters. The third-order valence-electron chi connectivity index (χ3n) is 7.16. The molecule has 1 amide bonds. The van der Waals surface area contributed by atoms with Crippen molar-refractivity contribution in [2.75, 3.05) is 0 Å². The van der Waals surface area contributed by atoms with Crippen LogP contribution in [0, 0.1) is 0 Å². The van der Waals surface area contributed by atoms with Gasteiger partial charge in [-0.3, -0.25) is 28.6 Å². The van der Waals surface area contributed by atoms with Gasteiger partial charge in [0.15, 0.2) is 0 Å². The Bertz CT molecular complexity index is 1960. The summed E-state index contributed by atoms with van der Waals surface area (Å²) in [7, 11) is 3.61. The molecule has 4 aromatic heterocycles. The number of fused-ring (bicyclic) bond motifs is 3. The Morgan fingerprint density at radius 3 is 2.36 bits per heavy atom. The zero-order chi connectivity index (χ0) is 27.4. The summed E-state index contributed by atoms with van der Waals surface area (Å²) in [6.45, 7) is 3.99. The molecule has 6 rings (SSSR count). The second kappa shape index (κ2) is 9.05. The van der Waals surface area contributed by atoms with Gasteiger partial charge in [-0.15, -0.1) is 0 Å². The van der Waals surface area contributed by atoms with Crippen LogP contribution in [0.25, 0.3) is 50.0 Å². The van der Waals surface area contributed by atoms with Crippen molar-refractivity contribution < 1.29 is 4.79 Å². The molecule has 4 heterocycles. The number of benzene rings is 2. The van der Waals surface area contributed by atoms with Crippen molar-refractivity contribution in [3.8, 4) is 28.1 Å². The summed E-state index contributed by atoms with van der Waals surface area (Å²) in [5, 5.41) is 5.06. The smallest absolute Gasteiger partial charge is 0.333 e. The van der Waals surface area contributed by atoms with Crippen LogP contribution in [0.1, 0.15) is 35.7 Å². The Balaban J connectivity index is 1.55. The fraction of sp³-hybridized carbons (Fsp3) is 0.167. The van der Waals surface area contributed by atoms with E-state index >= 15 is 0 Å². The monoisotopic (exact) mass is 517 g/mol. The highest BCUT2D eigenvalue weighted by atomic mass is 16.2. The SMILES string of the molecule is CC(C)c1cc(-n2c(=O)n(C)c3cnc4ccc(-c5ccc(-c6cnn(C)c6)nc5)cc4c32)ccc1C(N)=O. The first-order chi connectivity index (χ1) is 18.7. The van der Waals surface area contributed by atoms with Gasteiger partial charge >= 0.3 is 5.69 Å². The molecular formula is C30H27N7O2. The van der Waals surface area contributed by atoms with E-state index in [0.717, 1.165) is 44.4 Å². The molecule has 0 atom stereocenters. The van der Waals surface area contributed by atoms with Crippen molar-refractivity contribution in [1.82, 2.24) is 28.9 Å². The average Bonchev–Trinajstić information content (AvgIpc) is 3.48. The summed E-state index contributed by atoms with van der Waals surface area (Å²) in [5.41, 5.74) is 13.3. The fourth-order valence-electron chi connectivity index (χ4n) is 5.10. The lowest BCUT2D eigenvalue weighted by atomic mass is 9.96. The van der Waals surface area contributed by atoms with Crippen LogP contribution in [0.5, 0.6) is 0 Å². The zero-order valence-electron chi connectivity index (χ0n) is 22.1. The fourth-order valence-corrected chi connectivity index (χ4v) is 5.10. The summed E-state index contributed by atoms with van der Waals surface area (Å²) < 4.78 is 5.02. The van der Waals surface area contributed by atoms with Crippen LogP contribution in [-0.4, -0.2) is 34.8 Å². The van der Waals surface area contributed by atoms with E-state index in [4.69, 9.17) is 5.73 Å². The normalized spacial score (nSPS) is 11.6. The average molecular weight is 518 g/mol. The molecule has 0 aliphatic carbocycles. The number of hydrogen-bond donors (Lipinski definition) is 1. The number of primary amides is 1. The Labute approximate surface area is 224 Å². The van der Waals surface area contributed by atoms with Gasteiger partial charge in [-0.1, -0.05) is 26.0 Å². The molecule has 0 aliphatic rings. The number of carbonyl (C=O) groups is 1. The van der Waals surface area contributed by atoms with E-state index < -0.39 is 5.91 Å². The molecule has 0 saturated carbocycles. The van der Waals surface area contributed by atoms with Gasteiger partial charge in [0.1, 0.15) is 0 Å². The molecule has 0 spiro atoms. The van der Waals surface area contributed by atoms with Crippen molar-refractivity contribution in [3.63, 3.8) is 0 Å². The molecule has 0 aliphatic heterocycles. The number of amides is 1. The minimum Gasteiger partial charge on any atom is -0.366 e. The van der Waals surface area contributed by atoms with Crippen LogP contribution in [0.3, 0.4) is 0 Å². The van der Waals surface area contributed by atoms with E-state index in [0.29, 0.717) is 16.8 Å². The highest BCUT2D eigenvalue weighted by molar-refractivity contribution is 6.04. The van der Waals surface area contributed by atoms with Gasteiger partial charge in [-0.05, 0) is 53.4 Å². The lowest BCUT2D eigenvalue weighted by Gasteiger charge is -2.14. The van der Waals surface area contributed by atoms with E-state index in [-0.39, 0.29) is 11.6 Å². The summed E-state index contributed by atoms with van der Waals surface area (Å²) >= 11 is 0. The number of aromatic nitrogens is 6. The minimum absolute atomic E-state index is 0.0466. The van der Waals surface area contributed by atoms with Gasteiger partial charge in [-0.25, -0.2) is 4.79 Å². The number of nitrogens with zero attached hydrogens (tertiary/aromatic N) is 6. The predicted molar refractivity (Wildman–Crippen MR) is 152 cm³/mol. The van der Waals surface area contributed by atoms with E-state index in [1.54, 1.807) is 45.4 Å². The maximum absolute atomic E-state index is 13.6. The van der Waals surface area contributed by atoms with E-state index in [2.05, 4.69) is 15.1 Å². The van der Waals surface area contributed by atoms with Crippen LogP contribution in [0.15, 0.2) is 78.1 Å². The molecule has 9 heteroatoms. The van der Waals surface area contributed by atoms with Crippen molar-refractivity contribution in [1.29, 1.82) is 0 Å². The highest BCUT2D eigenvalue weighted by Gasteiger charge is 2.19. The summed E-state index contributed by atoms with van der Waals surface area (Å²) in [6, 6.07) is 15.3. The largest absolute Gasteiger partial charge is 0.366 e. The number of nitrogens with two attached hydrogens (primary N) is 1. The second-order valence-corrected chi connectivity index (χ2v) is 10.0. The maximum Gasteiger partial charge on any atom is 0.333 e. The van der Waals surface area contributed by atoms with Crippen LogP contribution >= 0.6 is 0 Å². The van der Waals surface area contributed by atoms with Gasteiger partial charge in [0, 0.05) is 48.6 Å². The summed E-state index contributed by atoms with van der Waals surface area (Å²) in [4.78, 5) is 34.9. The van der Waals surface area contributed by atoms with Gasteiger partial charge in [0.2, 0.25) is 5.91 Å². The molecule has 9 nitrogen and oxygen atoms in total. The van der Waals surface area contributed by atoms with Gasteiger partial charge in [0.25, 0.3) is 0 Å². The number of pyridine rings is 2. The van der Waals surface area contributed by atoms with Gasteiger partial charge in [0.05, 0.1) is 40.3 Å². The first-order valence-electron chi connectivity index (χ1n) is 12.6. The number of rotatable bonds is 5. The lowest BCUT2D eigenvalue weighted by Crippen LogP contribution is -2.21. The molecule has 0 saturated heterocycles. The molecule has 194 valence electrons. The molecule has 0 fully saturated rings. The van der Waals surface area contributed by atoms with Crippen LogP contribution in [0.2, 0.25) is 0 Å². The van der Waals surface area contributed by atoms with Crippen LogP contribution < -0.4 is 11.4 Å². The Morgan fingerprint density at radius 2 is 1.69 bits per heavy atom. The third-order valence-corrected chi connectivity index (χ3v) is 7.16. The van der Waals surface area contributed by atoms with Crippen molar-refractivity contribution >= 4 is 27.8 Å². The molecule has 6 aromatic rings. The molecule has 2 N–H and O–H groups in total. The molecule has 0 radical (unpaired) electrons. The van der Waals surface area contributed by atoms with Gasteiger partial charge in [-0.2, -0.15) is 5.10 Å². The Kier molecular flexibility index (Phi) is 5.64. The number of hydrogen-bond acceptors (Lipinski definition) is 5. The third kappa shape index (κ3) is 3.99. The van der Waals surface area contributed by atoms with E-state index in [1.807, 2.05) is 69.7 Å². The first kappa shape index (κ1) is 24.3. The number of imidazole rings is 1. The molecule has 2 aromatic carbocycles. The Morgan fingerprint density at radius 1 is 0.897 bits per heavy atom. The predicted octanol–water partition coefficient (Wildman–Crippen LogP) is 4.56. The highest BCUT2D eigenvalue weighted by Crippen LogP contribution is 2.31. The van der Waals surface area contributed by atoms with Crippen molar-refractivity contribution in [2.45, 2.75) is 19.8 Å². The first-order valence-corrected chi connectivity index (χ1v) is 12.6. The zero-order valence-corrected chi connectivity index (χ0v) is 22.1. The maximum atomic E-state index is 13.6. The van der Waals surface area contributed by atoms with Crippen LogP contribution in [-0.2, 0) is 14.1 Å². The quantitative estimate of drug-likeness (QED) is 0.360. The Hall–Kier alpha value is -5.05. The van der Waals surface area contributed by atoms with Crippen molar-refractivity contribution in [2.24, 2.45) is 19.8 Å². The number of aryl methyl sites for hydroxylation is 2. The molecule has 39 heavy (non-hydrogen) atoms. The van der Waals surface area contributed by atoms with E-state index in [9.17, 15) is 9.59 Å². The molecular weight excluding hydrogens is 490 g/mol. The summed E-state index contributed by atoms with van der Waals surface area (Å²) in [5.74, 6) is -0.441. The van der Waals surface area contributed by atoms with Crippen LogP contribution in [0.4, 0.5) is 0 Å². The second-order valence-electron chi connectivity index (χ2n) is 10.0.